The maximum Gasteiger partial charge on any atom is 0.130 e. The number of ether oxygens (including phenoxy) is 1. The van der Waals surface area contributed by atoms with Crippen LogP contribution >= 0.6 is 9.24 Å². The molecule has 0 aromatic heterocycles. The minimum atomic E-state index is -0.195. The van der Waals surface area contributed by atoms with Crippen molar-refractivity contribution >= 4 is 14.5 Å². The number of hydrogen-bond acceptors (Lipinski definition) is 1. The molecule has 0 spiro atoms. The molecule has 0 N–H and O–H groups in total. The van der Waals surface area contributed by atoms with Crippen LogP contribution in [0.4, 0.5) is 4.39 Å². The monoisotopic (exact) mass is 200 g/mol. The molecule has 0 saturated heterocycles. The Balaban J connectivity index is 3.30. The van der Waals surface area contributed by atoms with Crippen LogP contribution in [-0.4, -0.2) is 7.11 Å². The van der Waals surface area contributed by atoms with Gasteiger partial charge in [0.1, 0.15) is 11.6 Å². The SMILES string of the molecule is COc1cc(P)cc(F)c1C(C)C. The summed E-state index contributed by atoms with van der Waals surface area (Å²) in [5, 5.41) is 0.804. The molecule has 0 aliphatic heterocycles. The first-order valence-electron chi connectivity index (χ1n) is 4.19. The molecule has 0 bridgehead atoms. The third kappa shape index (κ3) is 2.19. The van der Waals surface area contributed by atoms with Crippen molar-refractivity contribution in [2.24, 2.45) is 0 Å². The van der Waals surface area contributed by atoms with Crippen LogP contribution in [0.2, 0.25) is 0 Å². The largest absolute Gasteiger partial charge is 0.496 e. The molecule has 1 unspecified atom stereocenters. The van der Waals surface area contributed by atoms with E-state index < -0.39 is 0 Å². The van der Waals surface area contributed by atoms with Gasteiger partial charge >= 0.3 is 0 Å². The molecule has 1 nitrogen and oxygen atoms in total. The minimum absolute atomic E-state index is 0.139. The zero-order valence-electron chi connectivity index (χ0n) is 8.10. The van der Waals surface area contributed by atoms with Crippen molar-refractivity contribution in [1.29, 1.82) is 0 Å². The van der Waals surface area contributed by atoms with Gasteiger partial charge in [-0.15, -0.1) is 9.24 Å². The second-order valence-corrected chi connectivity index (χ2v) is 3.94. The number of hydrogen-bond donors (Lipinski definition) is 0. The molecular weight excluding hydrogens is 186 g/mol. The molecule has 0 radical (unpaired) electrons. The molecule has 3 heteroatoms. The first-order chi connectivity index (χ1) is 6.06. The quantitative estimate of drug-likeness (QED) is 0.666. The average Bonchev–Trinajstić information content (AvgIpc) is 2.01. The van der Waals surface area contributed by atoms with E-state index in [2.05, 4.69) is 9.24 Å². The lowest BCUT2D eigenvalue weighted by Gasteiger charge is -2.13. The second-order valence-electron chi connectivity index (χ2n) is 3.27. The molecular formula is C10H14FOP. The van der Waals surface area contributed by atoms with Crippen LogP contribution in [0, 0.1) is 5.82 Å². The second kappa shape index (κ2) is 4.06. The lowest BCUT2D eigenvalue weighted by Crippen LogP contribution is -2.03. The summed E-state index contributed by atoms with van der Waals surface area (Å²) >= 11 is 0. The highest BCUT2D eigenvalue weighted by atomic mass is 31.0. The summed E-state index contributed by atoms with van der Waals surface area (Å²) in [4.78, 5) is 0. The van der Waals surface area contributed by atoms with Crippen LogP contribution in [0.1, 0.15) is 25.3 Å². The van der Waals surface area contributed by atoms with Gasteiger partial charge in [0.05, 0.1) is 7.11 Å². The fourth-order valence-corrected chi connectivity index (χ4v) is 1.64. The maximum absolute atomic E-state index is 13.5. The molecule has 0 amide bonds. The van der Waals surface area contributed by atoms with Crippen molar-refractivity contribution in [2.75, 3.05) is 7.11 Å². The number of benzene rings is 1. The summed E-state index contributed by atoms with van der Waals surface area (Å²) in [6, 6.07) is 3.32. The van der Waals surface area contributed by atoms with Crippen molar-refractivity contribution in [3.63, 3.8) is 0 Å². The van der Waals surface area contributed by atoms with E-state index in [0.717, 1.165) is 5.30 Å². The van der Waals surface area contributed by atoms with Gasteiger partial charge in [-0.25, -0.2) is 4.39 Å². The van der Waals surface area contributed by atoms with Gasteiger partial charge < -0.3 is 4.74 Å². The van der Waals surface area contributed by atoms with Gasteiger partial charge in [-0.2, -0.15) is 0 Å². The van der Waals surface area contributed by atoms with Gasteiger partial charge in [0.25, 0.3) is 0 Å². The zero-order chi connectivity index (χ0) is 10.0. The lowest BCUT2D eigenvalue weighted by molar-refractivity contribution is 0.402. The molecule has 13 heavy (non-hydrogen) atoms. The standard InChI is InChI=1S/C10H14FOP/c1-6(2)10-8(11)4-7(13)5-9(10)12-3/h4-6H,13H2,1-3H3. The van der Waals surface area contributed by atoms with E-state index in [1.165, 1.54) is 6.07 Å². The minimum Gasteiger partial charge on any atom is -0.496 e. The van der Waals surface area contributed by atoms with E-state index in [-0.39, 0.29) is 11.7 Å². The van der Waals surface area contributed by atoms with Gasteiger partial charge in [-0.1, -0.05) is 13.8 Å². The topological polar surface area (TPSA) is 9.23 Å². The van der Waals surface area contributed by atoms with E-state index in [4.69, 9.17) is 4.74 Å². The normalized spacial score (nSPS) is 10.6. The predicted octanol–water partition coefficient (Wildman–Crippen LogP) is 2.46. The lowest BCUT2D eigenvalue weighted by atomic mass is 10.0. The maximum atomic E-state index is 13.5. The fraction of sp³-hybridized carbons (Fsp3) is 0.400. The molecule has 1 rings (SSSR count). The Morgan fingerprint density at radius 2 is 2.00 bits per heavy atom. The zero-order valence-corrected chi connectivity index (χ0v) is 9.25. The molecule has 1 atom stereocenters. The van der Waals surface area contributed by atoms with Gasteiger partial charge in [-0.3, -0.25) is 0 Å². The third-order valence-corrected chi connectivity index (χ3v) is 2.24. The van der Waals surface area contributed by atoms with Crippen molar-refractivity contribution < 1.29 is 9.13 Å². The first kappa shape index (κ1) is 10.5. The van der Waals surface area contributed by atoms with Crippen LogP contribution in [0.5, 0.6) is 5.75 Å². The molecule has 1 aromatic rings. The Kier molecular flexibility index (Phi) is 3.27. The van der Waals surface area contributed by atoms with Crippen LogP contribution in [-0.2, 0) is 0 Å². The van der Waals surface area contributed by atoms with Crippen molar-refractivity contribution in [3.8, 4) is 5.75 Å². The molecule has 0 fully saturated rings. The summed E-state index contributed by atoms with van der Waals surface area (Å²) in [5.41, 5.74) is 0.647. The van der Waals surface area contributed by atoms with E-state index in [9.17, 15) is 4.39 Å². The van der Waals surface area contributed by atoms with Crippen LogP contribution in [0.25, 0.3) is 0 Å². The third-order valence-electron chi connectivity index (χ3n) is 1.91. The average molecular weight is 200 g/mol. The highest BCUT2D eigenvalue weighted by molar-refractivity contribution is 7.27. The molecule has 0 heterocycles. The van der Waals surface area contributed by atoms with Crippen LogP contribution in [0.3, 0.4) is 0 Å². The fourth-order valence-electron chi connectivity index (χ4n) is 1.34. The van der Waals surface area contributed by atoms with Crippen molar-refractivity contribution in [1.82, 2.24) is 0 Å². The number of methoxy groups -OCH3 is 1. The summed E-state index contributed by atoms with van der Waals surface area (Å²) in [6.45, 7) is 3.90. The Morgan fingerprint density at radius 1 is 1.38 bits per heavy atom. The Bertz CT molecular complexity index is 310. The van der Waals surface area contributed by atoms with Crippen molar-refractivity contribution in [2.45, 2.75) is 19.8 Å². The molecule has 0 aliphatic carbocycles. The van der Waals surface area contributed by atoms with E-state index in [0.29, 0.717) is 11.3 Å². The molecule has 0 aliphatic rings. The summed E-state index contributed by atoms with van der Waals surface area (Å²) in [6.07, 6.45) is 0. The van der Waals surface area contributed by atoms with E-state index >= 15 is 0 Å². The van der Waals surface area contributed by atoms with Gasteiger partial charge in [-0.05, 0) is 23.4 Å². The number of rotatable bonds is 2. The Hall–Kier alpha value is -0.620. The van der Waals surface area contributed by atoms with Crippen LogP contribution < -0.4 is 10.0 Å². The Morgan fingerprint density at radius 3 is 2.46 bits per heavy atom. The molecule has 72 valence electrons. The smallest absolute Gasteiger partial charge is 0.130 e. The summed E-state index contributed by atoms with van der Waals surface area (Å²) < 4.78 is 18.6. The number of halogens is 1. The van der Waals surface area contributed by atoms with Gasteiger partial charge in [0.2, 0.25) is 0 Å². The highest BCUT2D eigenvalue weighted by Crippen LogP contribution is 2.28. The molecule has 1 aromatic carbocycles. The van der Waals surface area contributed by atoms with Crippen LogP contribution in [0.15, 0.2) is 12.1 Å². The predicted molar refractivity (Wildman–Crippen MR) is 56.4 cm³/mol. The highest BCUT2D eigenvalue weighted by Gasteiger charge is 2.13. The summed E-state index contributed by atoms with van der Waals surface area (Å²) in [7, 11) is 4.02. The summed E-state index contributed by atoms with van der Waals surface area (Å²) in [5.74, 6) is 0.569. The van der Waals surface area contributed by atoms with Gasteiger partial charge in [0.15, 0.2) is 0 Å². The first-order valence-corrected chi connectivity index (χ1v) is 4.77. The van der Waals surface area contributed by atoms with Crippen molar-refractivity contribution in [3.05, 3.63) is 23.5 Å². The Labute approximate surface area is 80.5 Å². The van der Waals surface area contributed by atoms with E-state index in [1.54, 1.807) is 7.11 Å². The molecule has 0 saturated carbocycles. The van der Waals surface area contributed by atoms with E-state index in [1.807, 2.05) is 19.9 Å². The van der Waals surface area contributed by atoms with Gasteiger partial charge in [0, 0.05) is 5.56 Å².